The van der Waals surface area contributed by atoms with Gasteiger partial charge in [-0.15, -0.1) is 0 Å². The van der Waals surface area contributed by atoms with E-state index in [1.165, 1.54) is 18.2 Å². The van der Waals surface area contributed by atoms with Crippen LogP contribution in [0.5, 0.6) is 0 Å². The molecule has 0 radical (unpaired) electrons. The molecule has 6 nitrogen and oxygen atoms in total. The number of carboxylic acid groups (broad SMARTS) is 1. The maximum absolute atomic E-state index is 12.7. The molecule has 0 unspecified atom stereocenters. The molecule has 0 saturated carbocycles. The van der Waals surface area contributed by atoms with E-state index in [-0.39, 0.29) is 26.3 Å². The van der Waals surface area contributed by atoms with Crippen LogP contribution >= 0.6 is 58.0 Å². The maximum atomic E-state index is 12.7. The van der Waals surface area contributed by atoms with Crippen molar-refractivity contribution in [3.8, 4) is 0 Å². The number of esters is 1. The van der Waals surface area contributed by atoms with Crippen LogP contribution in [0.3, 0.4) is 0 Å². The fraction of sp³-hybridized carbons (Fsp3) is 0.0625. The second-order valence-corrected chi connectivity index (χ2v) is 6.89. The van der Waals surface area contributed by atoms with Crippen molar-refractivity contribution in [2.75, 3.05) is 12.4 Å². The summed E-state index contributed by atoms with van der Waals surface area (Å²) in [5.74, 6) is -3.30. The van der Waals surface area contributed by atoms with Gasteiger partial charge in [-0.2, -0.15) is 0 Å². The fourth-order valence-electron chi connectivity index (χ4n) is 2.13. The molecule has 0 atom stereocenters. The Morgan fingerprint density at radius 3 is 2.00 bits per heavy atom. The second kappa shape index (κ2) is 8.54. The van der Waals surface area contributed by atoms with E-state index in [2.05, 4.69) is 10.1 Å². The average molecular weight is 472 g/mol. The molecule has 11 heteroatoms. The molecule has 1 amide bonds. The number of nitrogens with one attached hydrogen (secondary N) is 1. The van der Waals surface area contributed by atoms with Crippen molar-refractivity contribution in [1.29, 1.82) is 0 Å². The van der Waals surface area contributed by atoms with E-state index in [1.54, 1.807) is 0 Å². The third-order valence-corrected chi connectivity index (χ3v) is 5.38. The molecule has 142 valence electrons. The van der Waals surface area contributed by atoms with E-state index in [0.717, 1.165) is 7.11 Å². The third-order valence-electron chi connectivity index (χ3n) is 3.34. The van der Waals surface area contributed by atoms with Gasteiger partial charge in [-0.3, -0.25) is 4.79 Å². The number of anilines is 1. The highest BCUT2D eigenvalue weighted by molar-refractivity contribution is 6.54. The molecule has 0 aliphatic carbocycles. The minimum Gasteiger partial charge on any atom is -0.478 e. The van der Waals surface area contributed by atoms with Gasteiger partial charge in [0.15, 0.2) is 0 Å². The molecule has 0 fully saturated rings. The van der Waals surface area contributed by atoms with Gasteiger partial charge in [0.1, 0.15) is 0 Å². The number of methoxy groups -OCH3 is 1. The second-order valence-electron chi connectivity index (χ2n) is 4.95. The molecular formula is C16H8Cl5NO5. The molecule has 2 aromatic rings. The molecular weight excluding hydrogens is 463 g/mol. The van der Waals surface area contributed by atoms with Gasteiger partial charge in [0.2, 0.25) is 0 Å². The first-order chi connectivity index (χ1) is 12.6. The number of hydrogen-bond donors (Lipinski definition) is 2. The van der Waals surface area contributed by atoms with Crippen molar-refractivity contribution in [3.63, 3.8) is 0 Å². The Hall–Kier alpha value is -1.70. The topological polar surface area (TPSA) is 92.7 Å². The molecule has 0 bridgehead atoms. The van der Waals surface area contributed by atoms with Crippen molar-refractivity contribution in [3.05, 3.63) is 60.0 Å². The first-order valence-corrected chi connectivity index (χ1v) is 8.77. The molecule has 0 saturated heterocycles. The van der Waals surface area contributed by atoms with Crippen LogP contribution in [0.4, 0.5) is 5.69 Å². The zero-order valence-corrected chi connectivity index (χ0v) is 17.0. The largest absolute Gasteiger partial charge is 0.478 e. The predicted octanol–water partition coefficient (Wildman–Crippen LogP) is 5.69. The van der Waals surface area contributed by atoms with Crippen LogP contribution in [0.15, 0.2) is 18.2 Å². The smallest absolute Gasteiger partial charge is 0.340 e. The van der Waals surface area contributed by atoms with Crippen molar-refractivity contribution in [2.24, 2.45) is 0 Å². The number of rotatable bonds is 4. The van der Waals surface area contributed by atoms with Crippen LogP contribution in [0.1, 0.15) is 31.1 Å². The van der Waals surface area contributed by atoms with Crippen molar-refractivity contribution in [1.82, 2.24) is 0 Å². The summed E-state index contributed by atoms with van der Waals surface area (Å²) < 4.78 is 4.63. The van der Waals surface area contributed by atoms with E-state index in [1.807, 2.05) is 0 Å². The standard InChI is InChI=1S/C16H8Cl5NO5/c1-27-16(26)6-4-5(17)2-3-7(6)22-14(23)8-9(15(24)25)11(19)13(21)12(20)10(8)18/h2-4H,1H3,(H,22,23)(H,24,25). The fourth-order valence-corrected chi connectivity index (χ4v) is 3.33. The molecule has 0 aliphatic rings. The zero-order valence-electron chi connectivity index (χ0n) is 13.2. The van der Waals surface area contributed by atoms with Crippen molar-refractivity contribution >= 4 is 81.5 Å². The molecule has 2 N–H and O–H groups in total. The highest BCUT2D eigenvalue weighted by Crippen LogP contribution is 2.42. The minimum atomic E-state index is -1.55. The van der Waals surface area contributed by atoms with Gasteiger partial charge >= 0.3 is 11.9 Å². The summed E-state index contributed by atoms with van der Waals surface area (Å²) in [6, 6.07) is 4.01. The van der Waals surface area contributed by atoms with E-state index < -0.39 is 39.0 Å². The van der Waals surface area contributed by atoms with Crippen LogP contribution in [-0.4, -0.2) is 30.1 Å². The Kier molecular flexibility index (Phi) is 6.83. The summed E-state index contributed by atoms with van der Waals surface area (Å²) in [7, 11) is 1.15. The highest BCUT2D eigenvalue weighted by Gasteiger charge is 2.29. The van der Waals surface area contributed by atoms with Crippen LogP contribution in [-0.2, 0) is 4.74 Å². The SMILES string of the molecule is COC(=O)c1cc(Cl)ccc1NC(=O)c1c(Cl)c(Cl)c(Cl)c(Cl)c1C(=O)O. The maximum Gasteiger partial charge on any atom is 0.340 e. The summed E-state index contributed by atoms with van der Waals surface area (Å²) in [5.41, 5.74) is -1.21. The van der Waals surface area contributed by atoms with Crippen molar-refractivity contribution < 1.29 is 24.2 Å². The van der Waals surface area contributed by atoms with E-state index in [4.69, 9.17) is 58.0 Å². The lowest BCUT2D eigenvalue weighted by Gasteiger charge is -2.15. The van der Waals surface area contributed by atoms with Gasteiger partial charge in [0.25, 0.3) is 5.91 Å². The van der Waals surface area contributed by atoms with Crippen LogP contribution in [0, 0.1) is 0 Å². The molecule has 0 aliphatic heterocycles. The summed E-state index contributed by atoms with van der Waals surface area (Å²) in [6.45, 7) is 0. The zero-order chi connectivity index (χ0) is 20.5. The lowest BCUT2D eigenvalue weighted by atomic mass is 10.1. The number of carboxylic acids is 1. The number of amides is 1. The Bertz CT molecular complexity index is 976. The molecule has 0 aromatic heterocycles. The first-order valence-electron chi connectivity index (χ1n) is 6.88. The number of benzene rings is 2. The number of ether oxygens (including phenoxy) is 1. The Labute approximate surface area is 177 Å². The summed E-state index contributed by atoms with van der Waals surface area (Å²) in [5, 5.41) is 10.5. The molecule has 27 heavy (non-hydrogen) atoms. The predicted molar refractivity (Wildman–Crippen MR) is 104 cm³/mol. The highest BCUT2D eigenvalue weighted by atomic mass is 35.5. The Balaban J connectivity index is 2.61. The first kappa shape index (κ1) is 21.6. The summed E-state index contributed by atoms with van der Waals surface area (Å²) >= 11 is 29.6. The van der Waals surface area contributed by atoms with Gasteiger partial charge in [-0.25, -0.2) is 9.59 Å². The van der Waals surface area contributed by atoms with Gasteiger partial charge in [-0.05, 0) is 18.2 Å². The van der Waals surface area contributed by atoms with Crippen LogP contribution in [0.25, 0.3) is 0 Å². The van der Waals surface area contributed by atoms with Gasteiger partial charge in [0, 0.05) is 5.02 Å². The van der Waals surface area contributed by atoms with E-state index in [9.17, 15) is 19.5 Å². The molecule has 0 spiro atoms. The normalized spacial score (nSPS) is 10.4. The molecule has 2 aromatic carbocycles. The monoisotopic (exact) mass is 469 g/mol. The third kappa shape index (κ3) is 4.25. The number of carbonyl (C=O) groups is 3. The Morgan fingerprint density at radius 2 is 1.48 bits per heavy atom. The van der Waals surface area contributed by atoms with Gasteiger partial charge in [-0.1, -0.05) is 58.0 Å². The quantitative estimate of drug-likeness (QED) is 0.339. The van der Waals surface area contributed by atoms with Crippen LogP contribution < -0.4 is 5.32 Å². The molecule has 0 heterocycles. The average Bonchev–Trinajstić information content (AvgIpc) is 2.62. The van der Waals surface area contributed by atoms with E-state index in [0.29, 0.717) is 0 Å². The van der Waals surface area contributed by atoms with E-state index >= 15 is 0 Å². The number of hydrogen-bond acceptors (Lipinski definition) is 4. The number of halogens is 5. The van der Waals surface area contributed by atoms with Gasteiger partial charge in [0.05, 0.1) is 49.6 Å². The number of carbonyl (C=O) groups excluding carboxylic acids is 2. The lowest BCUT2D eigenvalue weighted by Crippen LogP contribution is -2.20. The van der Waals surface area contributed by atoms with Crippen LogP contribution in [0.2, 0.25) is 25.1 Å². The van der Waals surface area contributed by atoms with Gasteiger partial charge < -0.3 is 15.2 Å². The van der Waals surface area contributed by atoms with Crippen molar-refractivity contribution in [2.45, 2.75) is 0 Å². The minimum absolute atomic E-state index is 0.00542. The lowest BCUT2D eigenvalue weighted by molar-refractivity contribution is 0.0601. The number of aromatic carboxylic acids is 1. The summed E-state index contributed by atoms with van der Waals surface area (Å²) in [4.78, 5) is 36.2. The summed E-state index contributed by atoms with van der Waals surface area (Å²) in [6.07, 6.45) is 0. The Morgan fingerprint density at radius 1 is 0.926 bits per heavy atom. The molecule has 2 rings (SSSR count).